The molecule has 1 heterocycles. The summed E-state index contributed by atoms with van der Waals surface area (Å²) in [5.41, 5.74) is 21.5. The first-order valence-corrected chi connectivity index (χ1v) is 26.5. The second-order valence-electron chi connectivity index (χ2n) is 19.8. The Morgan fingerprint density at radius 3 is 2.04 bits per heavy atom. The molecule has 2 unspecified atom stereocenters. The average Bonchev–Trinajstić information content (AvgIpc) is 3.99. The van der Waals surface area contributed by atoms with Crippen molar-refractivity contribution in [3.63, 3.8) is 0 Å². The van der Waals surface area contributed by atoms with Gasteiger partial charge in [-0.05, 0) is 162 Å². The van der Waals surface area contributed by atoms with Crippen LogP contribution in [-0.4, -0.2) is 6.04 Å². The van der Waals surface area contributed by atoms with Gasteiger partial charge in [0.2, 0.25) is 0 Å². The fourth-order valence-electron chi connectivity index (χ4n) is 12.9. The molecule has 0 saturated carbocycles. The summed E-state index contributed by atoms with van der Waals surface area (Å²) in [6.45, 7) is 4.00. The molecule has 0 fully saturated rings. The lowest BCUT2D eigenvalue weighted by molar-refractivity contribution is 0.511. The van der Waals surface area contributed by atoms with Crippen LogP contribution >= 0.6 is 0 Å². The van der Waals surface area contributed by atoms with Crippen LogP contribution in [0.25, 0.3) is 56.0 Å². The fourth-order valence-corrected chi connectivity index (χ4v) is 12.9. The van der Waals surface area contributed by atoms with Crippen molar-refractivity contribution in [2.45, 2.75) is 89.5 Å². The lowest BCUT2D eigenvalue weighted by atomic mass is 9.67. The minimum atomic E-state index is -0.413. The number of benzene rings is 7. The Morgan fingerprint density at radius 2 is 1.25 bits per heavy atom. The average molecular weight is 922 g/mol. The van der Waals surface area contributed by atoms with Gasteiger partial charge in [0, 0.05) is 33.6 Å². The molecule has 2 nitrogen and oxygen atoms in total. The molecule has 13 rings (SSSR count). The largest absolute Gasteiger partial charge is 0.456 e. The molecular weight excluding hydrogens is 859 g/mol. The number of hydrogen-bond donors (Lipinski definition) is 0. The quantitative estimate of drug-likeness (QED) is 0.134. The van der Waals surface area contributed by atoms with Crippen molar-refractivity contribution in [1.82, 2.24) is 0 Å². The fraction of sp³-hybridized carbons (Fsp3) is 0.217. The maximum atomic E-state index is 6.68. The van der Waals surface area contributed by atoms with Gasteiger partial charge in [0.25, 0.3) is 0 Å². The van der Waals surface area contributed by atoms with Gasteiger partial charge in [-0.2, -0.15) is 0 Å². The van der Waals surface area contributed by atoms with Gasteiger partial charge in [0.05, 0.1) is 5.41 Å². The molecule has 0 radical (unpaired) electrons. The molecule has 2 atom stereocenters. The number of nitrogens with zero attached hydrogens (tertiary/aromatic N) is 1. The zero-order chi connectivity index (χ0) is 47.7. The van der Waals surface area contributed by atoms with E-state index in [1.54, 1.807) is 5.57 Å². The Labute approximate surface area is 420 Å². The maximum Gasteiger partial charge on any atom is 0.138 e. The van der Waals surface area contributed by atoms with Crippen molar-refractivity contribution in [2.24, 2.45) is 5.92 Å². The number of para-hydroxylation sites is 2. The standard InChI is InChI=1S/C67H57NO.C2H6/c1-4-19-46(20-5-1)47-37-40-54(41-38-47)68(55-28-17-23-51(44-55)57-32-18-33-60-59-31-12-15-36-65(59)69-66(57)60)64-35-14-11-29-56(64)50-22-16-21-48(43-50)49-39-42-63-61(45-49)58-30-10-13-34-62(58)67(63,52-24-6-2-7-25-52)53-26-8-3-9-27-53;1-2/h2-4,6-16,19,21-22,24-31,33-37,39,42-46,54H,1,5,17-18,20,23,32,38,40-41H2;1-2H3. The van der Waals surface area contributed by atoms with Gasteiger partial charge in [-0.1, -0.05) is 201 Å². The molecule has 5 aliphatic carbocycles. The van der Waals surface area contributed by atoms with Gasteiger partial charge < -0.3 is 9.32 Å². The molecule has 0 bridgehead atoms. The lowest BCUT2D eigenvalue weighted by Gasteiger charge is -2.39. The Hall–Kier alpha value is -7.42. The van der Waals surface area contributed by atoms with E-state index >= 15 is 0 Å². The van der Waals surface area contributed by atoms with Crippen LogP contribution in [0, 0.1) is 5.92 Å². The van der Waals surface area contributed by atoms with Crippen LogP contribution in [-0.2, 0) is 5.41 Å². The first-order valence-electron chi connectivity index (χ1n) is 26.5. The van der Waals surface area contributed by atoms with Crippen molar-refractivity contribution < 1.29 is 4.42 Å². The van der Waals surface area contributed by atoms with Gasteiger partial charge in [-0.3, -0.25) is 0 Å². The van der Waals surface area contributed by atoms with Crippen LogP contribution in [0.5, 0.6) is 0 Å². The van der Waals surface area contributed by atoms with Crippen LogP contribution in [0.2, 0.25) is 0 Å². The highest BCUT2D eigenvalue weighted by atomic mass is 16.3. The molecule has 2 heteroatoms. The number of fused-ring (bicyclic) bond motifs is 6. The van der Waals surface area contributed by atoms with Crippen molar-refractivity contribution in [3.05, 3.63) is 256 Å². The highest BCUT2D eigenvalue weighted by Crippen LogP contribution is 2.57. The molecule has 0 N–H and O–H groups in total. The molecule has 0 aliphatic heterocycles. The molecule has 0 amide bonds. The van der Waals surface area contributed by atoms with Crippen LogP contribution in [0.1, 0.15) is 100 Å². The van der Waals surface area contributed by atoms with E-state index in [1.165, 1.54) is 108 Å². The van der Waals surface area contributed by atoms with Crippen LogP contribution in [0.4, 0.5) is 5.69 Å². The number of anilines is 1. The van der Waals surface area contributed by atoms with Crippen LogP contribution in [0.3, 0.4) is 0 Å². The van der Waals surface area contributed by atoms with Crippen molar-refractivity contribution in [1.29, 1.82) is 0 Å². The van der Waals surface area contributed by atoms with Crippen molar-refractivity contribution >= 4 is 28.3 Å². The Kier molecular flexibility index (Phi) is 12.2. The molecule has 5 aliphatic rings. The summed E-state index contributed by atoms with van der Waals surface area (Å²) in [7, 11) is 0. The molecule has 8 aromatic rings. The van der Waals surface area contributed by atoms with Gasteiger partial charge in [0.15, 0.2) is 0 Å². The van der Waals surface area contributed by atoms with E-state index < -0.39 is 5.41 Å². The number of rotatable bonds is 9. The van der Waals surface area contributed by atoms with Crippen LogP contribution in [0.15, 0.2) is 228 Å². The SMILES string of the molecule is C1=CC(C2=CCC(N(C3=CCCC(C4=c5oc6ccccc6c5=CCC4)=C3)c3ccccc3-c3cccc(-c4ccc5c(c4)-c4ccccc4C5(c4ccccc4)c4ccccc4)c3)CC2)CCC1.CC. The van der Waals surface area contributed by atoms with E-state index in [-0.39, 0.29) is 0 Å². The lowest BCUT2D eigenvalue weighted by Crippen LogP contribution is -2.37. The summed E-state index contributed by atoms with van der Waals surface area (Å²) in [4.78, 5) is 2.74. The molecule has 71 heavy (non-hydrogen) atoms. The highest BCUT2D eigenvalue weighted by molar-refractivity contribution is 5.90. The molecular formula is C69H63NO. The Bertz CT molecular complexity index is 3490. The topological polar surface area (TPSA) is 16.4 Å². The number of hydrogen-bond acceptors (Lipinski definition) is 2. The van der Waals surface area contributed by atoms with E-state index in [4.69, 9.17) is 4.42 Å². The third kappa shape index (κ3) is 7.89. The van der Waals surface area contributed by atoms with Crippen molar-refractivity contribution in [3.8, 4) is 33.4 Å². The highest BCUT2D eigenvalue weighted by Gasteiger charge is 2.46. The minimum Gasteiger partial charge on any atom is -0.456 e. The summed E-state index contributed by atoms with van der Waals surface area (Å²) >= 11 is 0. The maximum absolute atomic E-state index is 6.68. The predicted octanol–water partition coefficient (Wildman–Crippen LogP) is 16.8. The number of furan rings is 1. The second kappa shape index (κ2) is 19.4. The predicted molar refractivity (Wildman–Crippen MR) is 299 cm³/mol. The van der Waals surface area contributed by atoms with Gasteiger partial charge in [-0.25, -0.2) is 0 Å². The monoisotopic (exact) mass is 921 g/mol. The molecule has 350 valence electrons. The smallest absolute Gasteiger partial charge is 0.138 e. The molecule has 7 aromatic carbocycles. The first-order chi connectivity index (χ1) is 35.2. The normalized spacial score (nSPS) is 18.7. The second-order valence-corrected chi connectivity index (χ2v) is 19.8. The zero-order valence-electron chi connectivity index (χ0n) is 41.3. The van der Waals surface area contributed by atoms with E-state index in [9.17, 15) is 0 Å². The Morgan fingerprint density at radius 1 is 0.549 bits per heavy atom. The third-order valence-corrected chi connectivity index (χ3v) is 16.0. The molecule has 0 spiro atoms. The summed E-state index contributed by atoms with van der Waals surface area (Å²) in [6, 6.07) is 65.9. The van der Waals surface area contributed by atoms with Gasteiger partial charge in [-0.15, -0.1) is 0 Å². The first kappa shape index (κ1) is 44.8. The zero-order valence-corrected chi connectivity index (χ0v) is 41.3. The summed E-state index contributed by atoms with van der Waals surface area (Å²) in [5.74, 6) is 0.599. The van der Waals surface area contributed by atoms with E-state index in [1.807, 2.05) is 13.8 Å². The summed E-state index contributed by atoms with van der Waals surface area (Å²) < 4.78 is 6.68. The summed E-state index contributed by atoms with van der Waals surface area (Å²) in [6.07, 6.45) is 26.1. The number of allylic oxidation sites excluding steroid dienone is 6. The van der Waals surface area contributed by atoms with E-state index in [0.29, 0.717) is 12.0 Å². The van der Waals surface area contributed by atoms with Crippen molar-refractivity contribution in [2.75, 3.05) is 4.90 Å². The summed E-state index contributed by atoms with van der Waals surface area (Å²) in [5, 5.41) is 2.50. The van der Waals surface area contributed by atoms with E-state index in [0.717, 1.165) is 55.9 Å². The minimum absolute atomic E-state index is 0.338. The van der Waals surface area contributed by atoms with E-state index in [2.05, 4.69) is 217 Å². The molecule has 1 aromatic heterocycles. The van der Waals surface area contributed by atoms with Crippen LogP contribution < -0.4 is 15.5 Å². The molecule has 0 saturated heterocycles. The third-order valence-electron chi connectivity index (χ3n) is 16.0. The Balaban J connectivity index is 0.00000256. The van der Waals surface area contributed by atoms with Gasteiger partial charge in [0.1, 0.15) is 11.0 Å². The van der Waals surface area contributed by atoms with Gasteiger partial charge >= 0.3 is 0 Å².